The van der Waals surface area contributed by atoms with Gasteiger partial charge in [0.2, 0.25) is 0 Å². The Kier molecular flexibility index (Phi) is 5.85. The van der Waals surface area contributed by atoms with Crippen molar-refractivity contribution in [3.05, 3.63) is 53.6 Å². The lowest BCUT2D eigenvalue weighted by molar-refractivity contribution is 0.0531. The summed E-state index contributed by atoms with van der Waals surface area (Å²) in [6, 6.07) is 7.55. The van der Waals surface area contributed by atoms with Gasteiger partial charge in [0.05, 0.1) is 5.69 Å². The van der Waals surface area contributed by atoms with E-state index in [1.807, 2.05) is 0 Å². The maximum absolute atomic E-state index is 12.7. The van der Waals surface area contributed by atoms with E-state index in [9.17, 15) is 13.2 Å². The maximum Gasteiger partial charge on any atom is 0.333 e. The molecule has 0 aliphatic rings. The quantitative estimate of drug-likeness (QED) is 0.917. The zero-order valence-electron chi connectivity index (χ0n) is 9.89. The van der Waals surface area contributed by atoms with Crippen LogP contribution < -0.4 is 5.32 Å². The fourth-order valence-corrected chi connectivity index (χ4v) is 1.59. The molecule has 0 aliphatic carbocycles. The van der Waals surface area contributed by atoms with Crippen LogP contribution in [0.25, 0.3) is 0 Å². The number of aromatic nitrogens is 2. The summed E-state index contributed by atoms with van der Waals surface area (Å²) in [5.41, 5.74) is 1.30. The van der Waals surface area contributed by atoms with Crippen molar-refractivity contribution in [3.8, 4) is 0 Å². The number of rotatable bonds is 5. The molecule has 0 saturated carbocycles. The highest BCUT2D eigenvalue weighted by atomic mass is 35.5. The normalized spacial score (nSPS) is 10.5. The number of nitrogens with one attached hydrogen (secondary N) is 1. The maximum atomic E-state index is 12.7. The van der Waals surface area contributed by atoms with Crippen molar-refractivity contribution < 1.29 is 13.2 Å². The Balaban J connectivity index is 0.00000180. The molecule has 1 aromatic carbocycles. The van der Waals surface area contributed by atoms with Crippen LogP contribution in [0.3, 0.4) is 0 Å². The minimum Gasteiger partial charge on any atom is -0.307 e. The van der Waals surface area contributed by atoms with E-state index in [2.05, 4.69) is 10.4 Å². The lowest BCUT2D eigenvalue weighted by Crippen LogP contribution is -2.16. The Morgan fingerprint density at radius 2 is 1.79 bits per heavy atom. The molecule has 0 spiro atoms. The van der Waals surface area contributed by atoms with Gasteiger partial charge in [-0.1, -0.05) is 12.1 Å². The topological polar surface area (TPSA) is 29.9 Å². The molecule has 3 nitrogen and oxygen atoms in total. The molecule has 1 heterocycles. The molecule has 0 atom stereocenters. The zero-order chi connectivity index (χ0) is 13.0. The van der Waals surface area contributed by atoms with Crippen LogP contribution in [0.15, 0.2) is 36.5 Å². The van der Waals surface area contributed by atoms with Crippen molar-refractivity contribution in [2.75, 3.05) is 0 Å². The van der Waals surface area contributed by atoms with Gasteiger partial charge in [0.1, 0.15) is 5.82 Å². The molecular formula is C12H13ClF3N3. The van der Waals surface area contributed by atoms with Gasteiger partial charge in [-0.2, -0.15) is 13.9 Å². The van der Waals surface area contributed by atoms with Gasteiger partial charge in [0.15, 0.2) is 0 Å². The molecule has 0 fully saturated rings. The minimum absolute atomic E-state index is 0. The van der Waals surface area contributed by atoms with Crippen molar-refractivity contribution in [1.29, 1.82) is 0 Å². The lowest BCUT2D eigenvalue weighted by Gasteiger charge is -2.07. The SMILES string of the molecule is Cl.Fc1ccc(CNCc2ccnn2C(F)F)cc1. The number of benzene rings is 1. The lowest BCUT2D eigenvalue weighted by atomic mass is 10.2. The van der Waals surface area contributed by atoms with E-state index in [4.69, 9.17) is 0 Å². The predicted molar refractivity (Wildman–Crippen MR) is 67.7 cm³/mol. The van der Waals surface area contributed by atoms with Crippen LogP contribution >= 0.6 is 12.4 Å². The average Bonchev–Trinajstić information content (AvgIpc) is 2.80. The van der Waals surface area contributed by atoms with Gasteiger partial charge in [-0.15, -0.1) is 12.4 Å². The van der Waals surface area contributed by atoms with Gasteiger partial charge in [-0.3, -0.25) is 0 Å². The smallest absolute Gasteiger partial charge is 0.307 e. The molecule has 0 radical (unpaired) electrons. The molecule has 1 N–H and O–H groups in total. The first-order valence-corrected chi connectivity index (χ1v) is 5.42. The van der Waals surface area contributed by atoms with E-state index in [0.717, 1.165) is 5.56 Å². The largest absolute Gasteiger partial charge is 0.333 e. The van der Waals surface area contributed by atoms with E-state index in [-0.39, 0.29) is 24.8 Å². The van der Waals surface area contributed by atoms with E-state index in [1.54, 1.807) is 12.1 Å². The summed E-state index contributed by atoms with van der Waals surface area (Å²) in [6.07, 6.45) is 1.33. The summed E-state index contributed by atoms with van der Waals surface area (Å²) < 4.78 is 38.3. The van der Waals surface area contributed by atoms with Crippen LogP contribution in [-0.4, -0.2) is 9.78 Å². The van der Waals surface area contributed by atoms with Crippen LogP contribution in [0, 0.1) is 5.82 Å². The second-order valence-electron chi connectivity index (χ2n) is 3.77. The highest BCUT2D eigenvalue weighted by Crippen LogP contribution is 2.11. The molecule has 0 unspecified atom stereocenters. The molecule has 2 aromatic rings. The summed E-state index contributed by atoms with van der Waals surface area (Å²) in [5, 5.41) is 6.53. The van der Waals surface area contributed by atoms with E-state index in [0.29, 0.717) is 16.9 Å². The first kappa shape index (κ1) is 15.5. The Bertz CT molecular complexity index is 499. The Morgan fingerprint density at radius 1 is 1.11 bits per heavy atom. The third kappa shape index (κ3) is 4.25. The van der Waals surface area contributed by atoms with Gasteiger partial charge in [0.25, 0.3) is 0 Å². The molecule has 2 rings (SSSR count). The second-order valence-corrected chi connectivity index (χ2v) is 3.77. The van der Waals surface area contributed by atoms with Crippen LogP contribution in [-0.2, 0) is 13.1 Å². The van der Waals surface area contributed by atoms with Crippen molar-refractivity contribution in [2.45, 2.75) is 19.6 Å². The van der Waals surface area contributed by atoms with Gasteiger partial charge in [0, 0.05) is 19.3 Å². The van der Waals surface area contributed by atoms with Crippen molar-refractivity contribution in [3.63, 3.8) is 0 Å². The molecule has 0 bridgehead atoms. The van der Waals surface area contributed by atoms with Gasteiger partial charge < -0.3 is 5.32 Å². The summed E-state index contributed by atoms with van der Waals surface area (Å²) in [4.78, 5) is 0. The van der Waals surface area contributed by atoms with Crippen LogP contribution in [0.5, 0.6) is 0 Å². The third-order valence-electron chi connectivity index (χ3n) is 2.49. The highest BCUT2D eigenvalue weighted by molar-refractivity contribution is 5.85. The number of hydrogen-bond acceptors (Lipinski definition) is 2. The molecule has 19 heavy (non-hydrogen) atoms. The predicted octanol–water partition coefficient (Wildman–Crippen LogP) is 3.13. The molecule has 104 valence electrons. The summed E-state index contributed by atoms with van der Waals surface area (Å²) in [5.74, 6) is -0.297. The molecule has 1 aromatic heterocycles. The van der Waals surface area contributed by atoms with E-state index >= 15 is 0 Å². The average molecular weight is 292 g/mol. The number of hydrogen-bond donors (Lipinski definition) is 1. The van der Waals surface area contributed by atoms with Crippen molar-refractivity contribution in [1.82, 2.24) is 15.1 Å². The van der Waals surface area contributed by atoms with E-state index < -0.39 is 6.55 Å². The van der Waals surface area contributed by atoms with Gasteiger partial charge >= 0.3 is 6.55 Å². The second kappa shape index (κ2) is 7.16. The van der Waals surface area contributed by atoms with Crippen LogP contribution in [0.1, 0.15) is 17.8 Å². The third-order valence-corrected chi connectivity index (χ3v) is 2.49. The highest BCUT2D eigenvalue weighted by Gasteiger charge is 2.10. The van der Waals surface area contributed by atoms with Crippen molar-refractivity contribution in [2.24, 2.45) is 0 Å². The van der Waals surface area contributed by atoms with Crippen molar-refractivity contribution >= 4 is 12.4 Å². The fourth-order valence-electron chi connectivity index (χ4n) is 1.59. The Labute approximate surface area is 114 Å². The first-order chi connectivity index (χ1) is 8.66. The minimum atomic E-state index is -2.64. The number of alkyl halides is 2. The molecule has 7 heteroatoms. The number of halogens is 4. The fraction of sp³-hybridized carbons (Fsp3) is 0.250. The summed E-state index contributed by atoms with van der Waals surface area (Å²) in [6.45, 7) is -1.88. The molecule has 0 aliphatic heterocycles. The standard InChI is InChI=1S/C12H12F3N3.ClH/c13-10-3-1-9(2-4-10)7-16-8-11-5-6-17-18(11)12(14)15;/h1-6,12,16H,7-8H2;1H. The van der Waals surface area contributed by atoms with Crippen LogP contribution in [0.2, 0.25) is 0 Å². The first-order valence-electron chi connectivity index (χ1n) is 5.42. The van der Waals surface area contributed by atoms with Crippen LogP contribution in [0.4, 0.5) is 13.2 Å². The molecular weight excluding hydrogens is 279 g/mol. The Morgan fingerprint density at radius 3 is 2.42 bits per heavy atom. The van der Waals surface area contributed by atoms with Gasteiger partial charge in [-0.25, -0.2) is 9.07 Å². The summed E-state index contributed by atoms with van der Waals surface area (Å²) >= 11 is 0. The Hall–Kier alpha value is -1.53. The molecule has 0 amide bonds. The summed E-state index contributed by atoms with van der Waals surface area (Å²) in [7, 11) is 0. The zero-order valence-corrected chi connectivity index (χ0v) is 10.7. The monoisotopic (exact) mass is 291 g/mol. The molecule has 0 saturated heterocycles. The number of nitrogens with zero attached hydrogens (tertiary/aromatic N) is 2. The van der Waals surface area contributed by atoms with E-state index in [1.165, 1.54) is 24.4 Å². The van der Waals surface area contributed by atoms with Gasteiger partial charge in [-0.05, 0) is 23.8 Å².